The molecule has 0 radical (unpaired) electrons. The smallest absolute Gasteiger partial charge is 0.0900 e. The van der Waals surface area contributed by atoms with E-state index in [9.17, 15) is 5.11 Å². The van der Waals surface area contributed by atoms with Crippen LogP contribution in [0.25, 0.3) is 0 Å². The molecule has 0 aromatic carbocycles. The van der Waals surface area contributed by atoms with Gasteiger partial charge in [0.05, 0.1) is 12.7 Å². The van der Waals surface area contributed by atoms with Crippen LogP contribution in [0, 0.1) is 5.92 Å². The molecular weight excluding hydrogens is 270 g/mol. The fourth-order valence-electron chi connectivity index (χ4n) is 2.02. The fourth-order valence-corrected chi connectivity index (χ4v) is 2.75. The highest BCUT2D eigenvalue weighted by molar-refractivity contribution is 7.09. The topological polar surface area (TPSA) is 32.7 Å². The van der Waals surface area contributed by atoms with Gasteiger partial charge >= 0.3 is 0 Å². The van der Waals surface area contributed by atoms with E-state index < -0.39 is 6.10 Å². The molecule has 1 aromatic heterocycles. The van der Waals surface area contributed by atoms with Crippen LogP contribution >= 0.6 is 11.3 Å². The summed E-state index contributed by atoms with van der Waals surface area (Å²) in [5, 5.41) is 12.2. The van der Waals surface area contributed by atoms with Crippen molar-refractivity contribution in [3.63, 3.8) is 0 Å². The first-order valence-electron chi connectivity index (χ1n) is 7.55. The SMILES string of the molecule is CC[C@@H](C)N(Cc1cccs1)C[C@@H](O)COCC(C)C. The van der Waals surface area contributed by atoms with E-state index in [0.29, 0.717) is 31.7 Å². The van der Waals surface area contributed by atoms with Crippen molar-refractivity contribution in [2.24, 2.45) is 5.92 Å². The van der Waals surface area contributed by atoms with E-state index in [1.807, 2.05) is 0 Å². The predicted molar refractivity (Wildman–Crippen MR) is 86.1 cm³/mol. The molecule has 4 heteroatoms. The number of rotatable bonds is 10. The maximum absolute atomic E-state index is 10.1. The fraction of sp³-hybridized carbons (Fsp3) is 0.750. The third-order valence-corrected chi connectivity index (χ3v) is 4.22. The van der Waals surface area contributed by atoms with Crippen LogP contribution in [0.4, 0.5) is 0 Å². The molecule has 1 rings (SSSR count). The highest BCUT2D eigenvalue weighted by Gasteiger charge is 2.17. The number of ether oxygens (including phenoxy) is 1. The molecule has 20 heavy (non-hydrogen) atoms. The second-order valence-corrected chi connectivity index (χ2v) is 6.88. The van der Waals surface area contributed by atoms with Crippen LogP contribution in [0.15, 0.2) is 17.5 Å². The van der Waals surface area contributed by atoms with Gasteiger partial charge in [0, 0.05) is 30.6 Å². The summed E-state index contributed by atoms with van der Waals surface area (Å²) in [4.78, 5) is 3.69. The summed E-state index contributed by atoms with van der Waals surface area (Å²) in [7, 11) is 0. The third-order valence-electron chi connectivity index (χ3n) is 3.36. The van der Waals surface area contributed by atoms with Gasteiger partial charge in [-0.2, -0.15) is 0 Å². The van der Waals surface area contributed by atoms with Crippen LogP contribution in [-0.2, 0) is 11.3 Å². The van der Waals surface area contributed by atoms with Gasteiger partial charge in [-0.1, -0.05) is 26.8 Å². The average Bonchev–Trinajstić information content (AvgIpc) is 2.89. The van der Waals surface area contributed by atoms with Gasteiger partial charge in [0.15, 0.2) is 0 Å². The Kier molecular flexibility index (Phi) is 8.38. The van der Waals surface area contributed by atoms with E-state index >= 15 is 0 Å². The summed E-state index contributed by atoms with van der Waals surface area (Å²) >= 11 is 1.77. The normalized spacial score (nSPS) is 14.9. The zero-order valence-electron chi connectivity index (χ0n) is 13.2. The molecule has 0 amide bonds. The number of hydrogen-bond donors (Lipinski definition) is 1. The van der Waals surface area contributed by atoms with Crippen LogP contribution in [0.5, 0.6) is 0 Å². The number of thiophene rings is 1. The monoisotopic (exact) mass is 299 g/mol. The molecule has 1 aromatic rings. The van der Waals surface area contributed by atoms with Crippen LogP contribution in [0.2, 0.25) is 0 Å². The minimum Gasteiger partial charge on any atom is -0.389 e. The van der Waals surface area contributed by atoms with Crippen LogP contribution < -0.4 is 0 Å². The number of nitrogens with zero attached hydrogens (tertiary/aromatic N) is 1. The van der Waals surface area contributed by atoms with E-state index in [4.69, 9.17) is 4.74 Å². The molecule has 0 aliphatic carbocycles. The summed E-state index contributed by atoms with van der Waals surface area (Å²) in [6.45, 7) is 11.4. The van der Waals surface area contributed by atoms with Crippen molar-refractivity contribution in [1.29, 1.82) is 0 Å². The molecule has 0 saturated heterocycles. The second kappa shape index (κ2) is 9.50. The highest BCUT2D eigenvalue weighted by atomic mass is 32.1. The highest BCUT2D eigenvalue weighted by Crippen LogP contribution is 2.15. The molecule has 0 unspecified atom stereocenters. The van der Waals surface area contributed by atoms with Gasteiger partial charge in [-0.3, -0.25) is 4.90 Å². The summed E-state index contributed by atoms with van der Waals surface area (Å²) in [5.41, 5.74) is 0. The summed E-state index contributed by atoms with van der Waals surface area (Å²) in [6, 6.07) is 4.70. The molecule has 0 spiro atoms. The summed E-state index contributed by atoms with van der Waals surface area (Å²) < 4.78 is 5.53. The van der Waals surface area contributed by atoms with Gasteiger partial charge in [-0.05, 0) is 30.7 Å². The first kappa shape index (κ1) is 17.6. The Hall–Kier alpha value is -0.420. The number of aliphatic hydroxyl groups is 1. The van der Waals surface area contributed by atoms with Gasteiger partial charge in [-0.25, -0.2) is 0 Å². The quantitative estimate of drug-likeness (QED) is 0.719. The van der Waals surface area contributed by atoms with Crippen molar-refractivity contribution in [2.45, 2.75) is 52.8 Å². The van der Waals surface area contributed by atoms with Crippen LogP contribution in [0.3, 0.4) is 0 Å². The molecule has 1 heterocycles. The first-order valence-corrected chi connectivity index (χ1v) is 8.43. The molecule has 0 aliphatic rings. The van der Waals surface area contributed by atoms with Gasteiger partial charge in [0.1, 0.15) is 0 Å². The lowest BCUT2D eigenvalue weighted by molar-refractivity contribution is 0.000316. The van der Waals surface area contributed by atoms with E-state index in [1.54, 1.807) is 11.3 Å². The van der Waals surface area contributed by atoms with Crippen molar-refractivity contribution in [1.82, 2.24) is 4.90 Å². The maximum atomic E-state index is 10.1. The van der Waals surface area contributed by atoms with E-state index in [-0.39, 0.29) is 0 Å². The molecule has 0 aliphatic heterocycles. The van der Waals surface area contributed by atoms with Crippen LogP contribution in [0.1, 0.15) is 39.0 Å². The molecular formula is C16H29NO2S. The zero-order chi connectivity index (χ0) is 15.0. The number of aliphatic hydroxyl groups excluding tert-OH is 1. The Morgan fingerprint density at radius 1 is 1.30 bits per heavy atom. The Bertz CT molecular complexity index is 340. The number of hydrogen-bond acceptors (Lipinski definition) is 4. The molecule has 2 atom stereocenters. The van der Waals surface area contributed by atoms with Crippen molar-refractivity contribution in [3.8, 4) is 0 Å². The maximum Gasteiger partial charge on any atom is 0.0900 e. The first-order chi connectivity index (χ1) is 9.52. The lowest BCUT2D eigenvalue weighted by atomic mass is 10.2. The Morgan fingerprint density at radius 2 is 2.05 bits per heavy atom. The van der Waals surface area contributed by atoms with Gasteiger partial charge in [0.25, 0.3) is 0 Å². The third kappa shape index (κ3) is 6.84. The molecule has 0 bridgehead atoms. The largest absolute Gasteiger partial charge is 0.389 e. The van der Waals surface area contributed by atoms with E-state index in [0.717, 1.165) is 13.0 Å². The Balaban J connectivity index is 2.43. The lowest BCUT2D eigenvalue weighted by Gasteiger charge is -2.30. The average molecular weight is 299 g/mol. The van der Waals surface area contributed by atoms with E-state index in [1.165, 1.54) is 4.88 Å². The predicted octanol–water partition coefficient (Wildman–Crippen LogP) is 3.38. The van der Waals surface area contributed by atoms with Gasteiger partial charge in [0.2, 0.25) is 0 Å². The van der Waals surface area contributed by atoms with Crippen molar-refractivity contribution in [2.75, 3.05) is 19.8 Å². The second-order valence-electron chi connectivity index (χ2n) is 5.85. The van der Waals surface area contributed by atoms with Crippen molar-refractivity contribution in [3.05, 3.63) is 22.4 Å². The molecule has 0 saturated carbocycles. The standard InChI is InChI=1S/C16H29NO2S/c1-5-14(4)17(10-16-7-6-8-20-16)9-15(18)12-19-11-13(2)3/h6-8,13-15,18H,5,9-12H2,1-4H3/t14-,15-/m1/s1. The summed E-state index contributed by atoms with van der Waals surface area (Å²) in [6.07, 6.45) is 0.674. The van der Waals surface area contributed by atoms with E-state index in [2.05, 4.69) is 50.1 Å². The van der Waals surface area contributed by atoms with Crippen molar-refractivity contribution < 1.29 is 9.84 Å². The van der Waals surface area contributed by atoms with Gasteiger partial charge in [-0.15, -0.1) is 11.3 Å². The zero-order valence-corrected chi connectivity index (χ0v) is 14.0. The molecule has 1 N–H and O–H groups in total. The summed E-state index contributed by atoms with van der Waals surface area (Å²) in [5.74, 6) is 0.513. The molecule has 3 nitrogen and oxygen atoms in total. The molecule has 0 fully saturated rings. The van der Waals surface area contributed by atoms with Crippen LogP contribution in [-0.4, -0.2) is 41.9 Å². The minimum absolute atomic E-state index is 0.414. The van der Waals surface area contributed by atoms with Gasteiger partial charge < -0.3 is 9.84 Å². The Morgan fingerprint density at radius 3 is 2.60 bits per heavy atom. The molecule has 116 valence electrons. The minimum atomic E-state index is -0.414. The van der Waals surface area contributed by atoms with Crippen molar-refractivity contribution >= 4 is 11.3 Å². The lowest BCUT2D eigenvalue weighted by Crippen LogP contribution is -2.39. The Labute approximate surface area is 127 Å².